The fourth-order valence-corrected chi connectivity index (χ4v) is 2.54. The van der Waals surface area contributed by atoms with Gasteiger partial charge in [-0.3, -0.25) is 0 Å². The predicted octanol–water partition coefficient (Wildman–Crippen LogP) is 3.56. The van der Waals surface area contributed by atoms with E-state index in [0.29, 0.717) is 18.5 Å². The first-order chi connectivity index (χ1) is 9.67. The Balaban J connectivity index is 1.83. The van der Waals surface area contributed by atoms with Crippen LogP contribution in [0.15, 0.2) is 33.7 Å². The van der Waals surface area contributed by atoms with Crippen LogP contribution in [0.25, 0.3) is 0 Å². The van der Waals surface area contributed by atoms with Gasteiger partial charge >= 0.3 is 0 Å². The van der Waals surface area contributed by atoms with Crippen molar-refractivity contribution in [2.45, 2.75) is 50.4 Å². The van der Waals surface area contributed by atoms with Crippen LogP contribution in [-0.2, 0) is 12.3 Å². The minimum atomic E-state index is 0.465. The average Bonchev–Trinajstić information content (AvgIpc) is 2.90. The fraction of sp³-hybridized carbons (Fsp3) is 0.467. The van der Waals surface area contributed by atoms with Crippen LogP contribution in [0.3, 0.4) is 0 Å². The van der Waals surface area contributed by atoms with Crippen LogP contribution in [-0.4, -0.2) is 16.2 Å². The maximum absolute atomic E-state index is 5.23. The van der Waals surface area contributed by atoms with Gasteiger partial charge in [-0.25, -0.2) is 0 Å². The zero-order valence-electron chi connectivity index (χ0n) is 12.2. The predicted molar refractivity (Wildman–Crippen MR) is 81.6 cm³/mol. The Bertz CT molecular complexity index is 541. The molecule has 0 aliphatic heterocycles. The highest BCUT2D eigenvalue weighted by molar-refractivity contribution is 7.98. The van der Waals surface area contributed by atoms with Gasteiger partial charge in [0.05, 0.1) is 12.3 Å². The van der Waals surface area contributed by atoms with E-state index in [9.17, 15) is 0 Å². The summed E-state index contributed by atoms with van der Waals surface area (Å²) in [6.45, 7) is 7.02. The van der Waals surface area contributed by atoms with Gasteiger partial charge in [0.2, 0.25) is 5.89 Å². The topological polar surface area (TPSA) is 51.0 Å². The van der Waals surface area contributed by atoms with E-state index in [2.05, 4.69) is 60.5 Å². The van der Waals surface area contributed by atoms with Crippen molar-refractivity contribution >= 4 is 11.8 Å². The lowest BCUT2D eigenvalue weighted by Crippen LogP contribution is -2.24. The number of hydrogen-bond donors (Lipinski definition) is 1. The van der Waals surface area contributed by atoms with Gasteiger partial charge in [0.15, 0.2) is 5.82 Å². The third-order valence-corrected chi connectivity index (χ3v) is 4.07. The summed E-state index contributed by atoms with van der Waals surface area (Å²) in [5.41, 5.74) is 1.27. The summed E-state index contributed by atoms with van der Waals surface area (Å²) < 4.78 is 5.23. The minimum Gasteiger partial charge on any atom is -0.338 e. The molecule has 1 unspecified atom stereocenters. The van der Waals surface area contributed by atoms with Gasteiger partial charge < -0.3 is 9.84 Å². The van der Waals surface area contributed by atoms with E-state index in [4.69, 9.17) is 4.52 Å². The molecular formula is C15H21N3OS. The van der Waals surface area contributed by atoms with E-state index in [0.717, 1.165) is 18.0 Å². The maximum Gasteiger partial charge on any atom is 0.240 e. The molecule has 1 N–H and O–H groups in total. The summed E-state index contributed by atoms with van der Waals surface area (Å²) in [5, 5.41) is 7.35. The van der Waals surface area contributed by atoms with Gasteiger partial charge in [0.1, 0.15) is 0 Å². The molecule has 0 fully saturated rings. The molecular weight excluding hydrogens is 270 g/mol. The monoisotopic (exact) mass is 291 g/mol. The van der Waals surface area contributed by atoms with E-state index in [1.165, 1.54) is 10.5 Å². The summed E-state index contributed by atoms with van der Waals surface area (Å²) in [4.78, 5) is 5.62. The number of benzene rings is 1. The summed E-state index contributed by atoms with van der Waals surface area (Å²) in [5.74, 6) is 2.14. The molecule has 1 aromatic heterocycles. The lowest BCUT2D eigenvalue weighted by Gasteiger charge is -2.07. The van der Waals surface area contributed by atoms with Gasteiger partial charge in [-0.2, -0.15) is 4.98 Å². The van der Waals surface area contributed by atoms with Crippen LogP contribution < -0.4 is 5.32 Å². The molecule has 2 aromatic rings. The van der Waals surface area contributed by atoms with Crippen LogP contribution in [0.2, 0.25) is 0 Å². The van der Waals surface area contributed by atoms with E-state index in [-0.39, 0.29) is 0 Å². The number of aromatic nitrogens is 2. The second-order valence-electron chi connectivity index (χ2n) is 4.90. The van der Waals surface area contributed by atoms with E-state index < -0.39 is 0 Å². The SMILES string of the molecule is CCC(C)NCc1nc(CSc2cccc(C)c2)no1. The molecule has 0 bridgehead atoms. The zero-order chi connectivity index (χ0) is 14.4. The van der Waals surface area contributed by atoms with Crippen LogP contribution in [0.5, 0.6) is 0 Å². The highest BCUT2D eigenvalue weighted by atomic mass is 32.2. The molecule has 1 heterocycles. The quantitative estimate of drug-likeness (QED) is 0.790. The first kappa shape index (κ1) is 15.1. The fourth-order valence-electron chi connectivity index (χ4n) is 1.68. The first-order valence-corrected chi connectivity index (χ1v) is 7.90. The Morgan fingerprint density at radius 3 is 3.00 bits per heavy atom. The molecule has 0 aliphatic rings. The summed E-state index contributed by atoms with van der Waals surface area (Å²) in [6.07, 6.45) is 1.09. The number of rotatable bonds is 7. The second-order valence-corrected chi connectivity index (χ2v) is 5.95. The van der Waals surface area contributed by atoms with E-state index >= 15 is 0 Å². The van der Waals surface area contributed by atoms with Gasteiger partial charge in [0, 0.05) is 10.9 Å². The molecule has 0 saturated heterocycles. The molecule has 1 atom stereocenters. The lowest BCUT2D eigenvalue weighted by atomic mass is 10.2. The van der Waals surface area contributed by atoms with Gasteiger partial charge in [0.25, 0.3) is 0 Å². The summed E-state index contributed by atoms with van der Waals surface area (Å²) in [6, 6.07) is 8.89. The van der Waals surface area contributed by atoms with Crippen LogP contribution in [0, 0.1) is 6.92 Å². The molecule has 108 valence electrons. The number of nitrogens with one attached hydrogen (secondary N) is 1. The molecule has 0 saturated carbocycles. The van der Waals surface area contributed by atoms with Crippen molar-refractivity contribution in [1.82, 2.24) is 15.5 Å². The Morgan fingerprint density at radius 1 is 1.40 bits per heavy atom. The van der Waals surface area contributed by atoms with Crippen molar-refractivity contribution in [2.24, 2.45) is 0 Å². The zero-order valence-corrected chi connectivity index (χ0v) is 13.0. The molecule has 0 radical (unpaired) electrons. The van der Waals surface area contributed by atoms with E-state index in [1.807, 2.05) is 0 Å². The first-order valence-electron chi connectivity index (χ1n) is 6.91. The van der Waals surface area contributed by atoms with Crippen molar-refractivity contribution in [3.05, 3.63) is 41.5 Å². The standard InChI is InChI=1S/C15H21N3OS/c1-4-12(3)16-9-15-17-14(18-19-15)10-20-13-7-5-6-11(2)8-13/h5-8,12,16H,4,9-10H2,1-3H3. The number of hydrogen-bond acceptors (Lipinski definition) is 5. The average molecular weight is 291 g/mol. The Kier molecular flexibility index (Phi) is 5.61. The molecule has 5 heteroatoms. The Hall–Kier alpha value is -1.33. The summed E-state index contributed by atoms with van der Waals surface area (Å²) in [7, 11) is 0. The Morgan fingerprint density at radius 2 is 2.25 bits per heavy atom. The Labute approximate surface area is 124 Å². The molecule has 4 nitrogen and oxygen atoms in total. The van der Waals surface area contributed by atoms with Crippen molar-refractivity contribution in [1.29, 1.82) is 0 Å². The minimum absolute atomic E-state index is 0.465. The van der Waals surface area contributed by atoms with Gasteiger partial charge in [-0.1, -0.05) is 29.8 Å². The second kappa shape index (κ2) is 7.45. The maximum atomic E-state index is 5.23. The molecule has 0 amide bonds. The normalized spacial score (nSPS) is 12.6. The largest absolute Gasteiger partial charge is 0.338 e. The number of thioether (sulfide) groups is 1. The molecule has 0 spiro atoms. The third-order valence-electron chi connectivity index (χ3n) is 3.08. The number of nitrogens with zero attached hydrogens (tertiary/aromatic N) is 2. The van der Waals surface area contributed by atoms with Crippen molar-refractivity contribution in [2.75, 3.05) is 0 Å². The van der Waals surface area contributed by atoms with Crippen molar-refractivity contribution in [3.63, 3.8) is 0 Å². The van der Waals surface area contributed by atoms with Gasteiger partial charge in [-0.15, -0.1) is 11.8 Å². The smallest absolute Gasteiger partial charge is 0.240 e. The molecule has 0 aliphatic carbocycles. The van der Waals surface area contributed by atoms with Crippen LogP contribution in [0.1, 0.15) is 37.5 Å². The third kappa shape index (κ3) is 4.65. The lowest BCUT2D eigenvalue weighted by molar-refractivity contribution is 0.355. The number of aryl methyl sites for hydroxylation is 1. The van der Waals surface area contributed by atoms with E-state index in [1.54, 1.807) is 11.8 Å². The highest BCUT2D eigenvalue weighted by Gasteiger charge is 2.08. The summed E-state index contributed by atoms with van der Waals surface area (Å²) >= 11 is 1.72. The molecule has 20 heavy (non-hydrogen) atoms. The van der Waals surface area contributed by atoms with Gasteiger partial charge in [-0.05, 0) is 32.4 Å². The van der Waals surface area contributed by atoms with Crippen LogP contribution >= 0.6 is 11.8 Å². The van der Waals surface area contributed by atoms with Crippen molar-refractivity contribution in [3.8, 4) is 0 Å². The van der Waals surface area contributed by atoms with Crippen molar-refractivity contribution < 1.29 is 4.52 Å². The highest BCUT2D eigenvalue weighted by Crippen LogP contribution is 2.22. The molecule has 1 aromatic carbocycles. The van der Waals surface area contributed by atoms with Crippen LogP contribution in [0.4, 0.5) is 0 Å². The molecule has 2 rings (SSSR count).